The van der Waals surface area contributed by atoms with Gasteiger partial charge in [0.05, 0.1) is 5.56 Å². The summed E-state index contributed by atoms with van der Waals surface area (Å²) in [5.74, 6) is -0.284. The van der Waals surface area contributed by atoms with Crippen LogP contribution in [0.4, 0.5) is 17.6 Å². The maximum atomic E-state index is 13.0. The van der Waals surface area contributed by atoms with Crippen LogP contribution in [0.15, 0.2) is 18.2 Å². The molecule has 102 valence electrons. The summed E-state index contributed by atoms with van der Waals surface area (Å²) >= 11 is 0. The standard InChI is InChI=1S/C12H13F4N.ClH/c13-8-3-4-10(12(14,15)16)9(6-8)11(17)5-7-1-2-7;/h3-4,6-7,11H,1-2,5,17H2;1H/t11-;/m1./s1. The molecule has 1 aromatic rings. The van der Waals surface area contributed by atoms with E-state index < -0.39 is 23.6 Å². The molecule has 0 aliphatic heterocycles. The van der Waals surface area contributed by atoms with E-state index in [1.165, 1.54) is 0 Å². The van der Waals surface area contributed by atoms with Crippen molar-refractivity contribution >= 4 is 12.4 Å². The van der Waals surface area contributed by atoms with Crippen molar-refractivity contribution in [3.63, 3.8) is 0 Å². The highest BCUT2D eigenvalue weighted by atomic mass is 35.5. The fourth-order valence-corrected chi connectivity index (χ4v) is 1.94. The summed E-state index contributed by atoms with van der Waals surface area (Å²) in [6.07, 6.45) is -1.98. The lowest BCUT2D eigenvalue weighted by Gasteiger charge is -2.18. The molecule has 1 aromatic carbocycles. The van der Waals surface area contributed by atoms with Gasteiger partial charge in [0, 0.05) is 6.04 Å². The lowest BCUT2D eigenvalue weighted by molar-refractivity contribution is -0.138. The van der Waals surface area contributed by atoms with E-state index in [9.17, 15) is 17.6 Å². The summed E-state index contributed by atoms with van der Waals surface area (Å²) in [5.41, 5.74) is 4.77. The Morgan fingerprint density at radius 2 is 1.89 bits per heavy atom. The van der Waals surface area contributed by atoms with Gasteiger partial charge in [-0.05, 0) is 36.1 Å². The van der Waals surface area contributed by atoms with Crippen LogP contribution in [0.5, 0.6) is 0 Å². The average Bonchev–Trinajstić information content (AvgIpc) is 2.99. The molecule has 1 fully saturated rings. The quantitative estimate of drug-likeness (QED) is 0.832. The Morgan fingerprint density at radius 3 is 2.39 bits per heavy atom. The molecule has 0 aromatic heterocycles. The number of alkyl halides is 3. The first-order chi connectivity index (χ1) is 7.88. The van der Waals surface area contributed by atoms with Gasteiger partial charge in [-0.1, -0.05) is 12.8 Å². The maximum absolute atomic E-state index is 13.0. The number of hydrogen-bond acceptors (Lipinski definition) is 1. The van der Waals surface area contributed by atoms with E-state index in [0.717, 1.165) is 31.0 Å². The fraction of sp³-hybridized carbons (Fsp3) is 0.500. The van der Waals surface area contributed by atoms with Crippen LogP contribution in [0.1, 0.15) is 36.4 Å². The summed E-state index contributed by atoms with van der Waals surface area (Å²) in [5, 5.41) is 0. The summed E-state index contributed by atoms with van der Waals surface area (Å²) in [4.78, 5) is 0. The van der Waals surface area contributed by atoms with Gasteiger partial charge in [-0.2, -0.15) is 13.2 Å². The van der Waals surface area contributed by atoms with Gasteiger partial charge in [0.25, 0.3) is 0 Å². The molecule has 1 aliphatic carbocycles. The van der Waals surface area contributed by atoms with Gasteiger partial charge in [0.2, 0.25) is 0 Å². The SMILES string of the molecule is Cl.N[C@H](CC1CC1)c1cc(F)ccc1C(F)(F)F. The Kier molecular flexibility index (Phi) is 4.61. The van der Waals surface area contributed by atoms with Gasteiger partial charge in [0.1, 0.15) is 5.82 Å². The van der Waals surface area contributed by atoms with Crippen LogP contribution in [0.25, 0.3) is 0 Å². The molecule has 18 heavy (non-hydrogen) atoms. The molecular formula is C12H14ClF4N. The molecule has 1 saturated carbocycles. The lowest BCUT2D eigenvalue weighted by atomic mass is 9.96. The molecule has 0 heterocycles. The Bertz CT molecular complexity index is 415. The van der Waals surface area contributed by atoms with E-state index >= 15 is 0 Å². The maximum Gasteiger partial charge on any atom is 0.416 e. The smallest absolute Gasteiger partial charge is 0.324 e. The van der Waals surface area contributed by atoms with Crippen LogP contribution in [0.3, 0.4) is 0 Å². The minimum absolute atomic E-state index is 0. The topological polar surface area (TPSA) is 26.0 Å². The molecule has 1 aliphatic rings. The lowest BCUT2D eigenvalue weighted by Crippen LogP contribution is -2.18. The molecule has 0 bridgehead atoms. The van der Waals surface area contributed by atoms with Crippen molar-refractivity contribution in [2.24, 2.45) is 11.7 Å². The average molecular weight is 284 g/mol. The van der Waals surface area contributed by atoms with E-state index in [0.29, 0.717) is 12.3 Å². The molecule has 6 heteroatoms. The van der Waals surface area contributed by atoms with Crippen LogP contribution in [-0.4, -0.2) is 0 Å². The summed E-state index contributed by atoms with van der Waals surface area (Å²) in [6.45, 7) is 0. The summed E-state index contributed by atoms with van der Waals surface area (Å²) in [6, 6.07) is 1.73. The second-order valence-electron chi connectivity index (χ2n) is 4.51. The van der Waals surface area contributed by atoms with Crippen molar-refractivity contribution < 1.29 is 17.6 Å². The highest BCUT2D eigenvalue weighted by Gasteiger charge is 2.36. The first-order valence-corrected chi connectivity index (χ1v) is 5.50. The van der Waals surface area contributed by atoms with Gasteiger partial charge in [-0.25, -0.2) is 4.39 Å². The van der Waals surface area contributed by atoms with Gasteiger partial charge < -0.3 is 5.73 Å². The van der Waals surface area contributed by atoms with Crippen molar-refractivity contribution in [1.29, 1.82) is 0 Å². The number of hydrogen-bond donors (Lipinski definition) is 1. The van der Waals surface area contributed by atoms with E-state index in [1.54, 1.807) is 0 Å². The molecular weight excluding hydrogens is 270 g/mol. The Labute approximate surface area is 109 Å². The number of rotatable bonds is 3. The Hall–Kier alpha value is -0.810. The monoisotopic (exact) mass is 283 g/mol. The number of halogens is 5. The van der Waals surface area contributed by atoms with Gasteiger partial charge in [0.15, 0.2) is 0 Å². The third kappa shape index (κ3) is 3.59. The van der Waals surface area contributed by atoms with Crippen LogP contribution in [0, 0.1) is 11.7 Å². The first-order valence-electron chi connectivity index (χ1n) is 5.50. The molecule has 1 nitrogen and oxygen atoms in total. The zero-order valence-corrected chi connectivity index (χ0v) is 10.3. The molecule has 0 saturated heterocycles. The fourth-order valence-electron chi connectivity index (χ4n) is 1.94. The minimum Gasteiger partial charge on any atom is -0.324 e. The highest BCUT2D eigenvalue weighted by Crippen LogP contribution is 2.40. The zero-order chi connectivity index (χ0) is 12.6. The van der Waals surface area contributed by atoms with Gasteiger partial charge >= 0.3 is 6.18 Å². The van der Waals surface area contributed by atoms with E-state index in [-0.39, 0.29) is 18.0 Å². The molecule has 2 N–H and O–H groups in total. The van der Waals surface area contributed by atoms with Gasteiger partial charge in [-0.15, -0.1) is 12.4 Å². The molecule has 0 radical (unpaired) electrons. The molecule has 0 spiro atoms. The highest BCUT2D eigenvalue weighted by molar-refractivity contribution is 5.85. The van der Waals surface area contributed by atoms with E-state index in [4.69, 9.17) is 5.73 Å². The third-order valence-corrected chi connectivity index (χ3v) is 3.00. The normalized spacial score (nSPS) is 17.2. The Balaban J connectivity index is 0.00000162. The van der Waals surface area contributed by atoms with Crippen molar-refractivity contribution in [2.75, 3.05) is 0 Å². The van der Waals surface area contributed by atoms with Crippen LogP contribution in [0.2, 0.25) is 0 Å². The van der Waals surface area contributed by atoms with E-state index in [1.807, 2.05) is 0 Å². The van der Waals surface area contributed by atoms with Crippen LogP contribution in [-0.2, 0) is 6.18 Å². The predicted octanol–water partition coefficient (Wildman–Crippen LogP) is 4.07. The molecule has 0 amide bonds. The zero-order valence-electron chi connectivity index (χ0n) is 9.51. The Morgan fingerprint density at radius 1 is 1.28 bits per heavy atom. The molecule has 1 atom stereocenters. The second-order valence-corrected chi connectivity index (χ2v) is 4.51. The molecule has 0 unspecified atom stereocenters. The van der Waals surface area contributed by atoms with Crippen molar-refractivity contribution in [2.45, 2.75) is 31.5 Å². The number of nitrogens with two attached hydrogens (primary N) is 1. The second kappa shape index (κ2) is 5.45. The van der Waals surface area contributed by atoms with Crippen LogP contribution < -0.4 is 5.73 Å². The van der Waals surface area contributed by atoms with Crippen molar-refractivity contribution in [3.8, 4) is 0 Å². The predicted molar refractivity (Wildman–Crippen MR) is 62.9 cm³/mol. The van der Waals surface area contributed by atoms with Crippen LogP contribution >= 0.6 is 12.4 Å². The largest absolute Gasteiger partial charge is 0.416 e. The van der Waals surface area contributed by atoms with E-state index in [2.05, 4.69) is 0 Å². The van der Waals surface area contributed by atoms with Crippen molar-refractivity contribution in [3.05, 3.63) is 35.1 Å². The first kappa shape index (κ1) is 15.2. The molecule has 2 rings (SSSR count). The third-order valence-electron chi connectivity index (χ3n) is 3.00. The summed E-state index contributed by atoms with van der Waals surface area (Å²) < 4.78 is 51.2. The minimum atomic E-state index is -4.48. The number of benzene rings is 1. The van der Waals surface area contributed by atoms with Crippen molar-refractivity contribution in [1.82, 2.24) is 0 Å². The summed E-state index contributed by atoms with van der Waals surface area (Å²) in [7, 11) is 0. The van der Waals surface area contributed by atoms with Gasteiger partial charge in [-0.3, -0.25) is 0 Å².